The van der Waals surface area contributed by atoms with Crippen molar-refractivity contribution in [1.29, 1.82) is 0 Å². The third-order valence-electron chi connectivity index (χ3n) is 6.03. The maximum Gasteiger partial charge on any atom is 0.258 e. The molecule has 1 amide bonds. The quantitative estimate of drug-likeness (QED) is 0.528. The highest BCUT2D eigenvalue weighted by atomic mass is 19.1. The lowest BCUT2D eigenvalue weighted by atomic mass is 9.99. The number of rotatable bonds is 5. The Morgan fingerprint density at radius 2 is 1.61 bits per heavy atom. The van der Waals surface area contributed by atoms with E-state index in [1.807, 2.05) is 36.1 Å². The molecule has 1 heterocycles. The van der Waals surface area contributed by atoms with E-state index in [9.17, 15) is 9.18 Å². The molecule has 0 N–H and O–H groups in total. The minimum absolute atomic E-state index is 0.0243. The largest absolute Gasteiger partial charge is 0.305 e. The average molecular weight is 417 g/mol. The van der Waals surface area contributed by atoms with Crippen LogP contribution in [0.2, 0.25) is 0 Å². The topological polar surface area (TPSA) is 23.6 Å². The lowest BCUT2D eigenvalue weighted by Gasteiger charge is -2.38. The van der Waals surface area contributed by atoms with Gasteiger partial charge in [0.15, 0.2) is 0 Å². The molecule has 0 saturated carbocycles. The van der Waals surface area contributed by atoms with Crippen LogP contribution in [0.1, 0.15) is 39.9 Å². The fourth-order valence-corrected chi connectivity index (χ4v) is 4.34. The molecular weight excluding hydrogens is 387 g/mol. The normalized spacial score (nSPS) is 15.1. The molecule has 0 radical (unpaired) electrons. The van der Waals surface area contributed by atoms with Gasteiger partial charge in [-0.25, -0.2) is 4.39 Å². The van der Waals surface area contributed by atoms with Crippen molar-refractivity contribution in [3.63, 3.8) is 0 Å². The van der Waals surface area contributed by atoms with Crippen LogP contribution in [0.4, 0.5) is 10.1 Å². The number of carbonyl (C=O) groups excluding carboxylic acids is 1. The Balaban J connectivity index is 1.51. The van der Waals surface area contributed by atoms with Gasteiger partial charge >= 0.3 is 0 Å². The predicted octanol–water partition coefficient (Wildman–Crippen LogP) is 5.75. The van der Waals surface area contributed by atoms with Crippen molar-refractivity contribution < 1.29 is 9.18 Å². The molecule has 0 bridgehead atoms. The molecule has 0 unspecified atom stereocenters. The summed E-state index contributed by atoms with van der Waals surface area (Å²) in [5.74, 6) is -0.316. The molecule has 1 saturated heterocycles. The molecule has 31 heavy (non-hydrogen) atoms. The number of halogens is 1. The number of hydrogen-bond donors (Lipinski definition) is 0. The second-order valence-electron chi connectivity index (χ2n) is 8.51. The number of hydrogen-bond acceptors (Lipinski definition) is 2. The van der Waals surface area contributed by atoms with Gasteiger partial charge in [-0.05, 0) is 68.7 Å². The Morgan fingerprint density at radius 1 is 0.935 bits per heavy atom. The predicted molar refractivity (Wildman–Crippen MR) is 124 cm³/mol. The van der Waals surface area contributed by atoms with Crippen molar-refractivity contribution in [1.82, 2.24) is 4.90 Å². The summed E-state index contributed by atoms with van der Waals surface area (Å²) in [5, 5.41) is 0. The van der Waals surface area contributed by atoms with Gasteiger partial charge in [0.05, 0.1) is 0 Å². The van der Waals surface area contributed by atoms with Crippen LogP contribution in [-0.4, -0.2) is 29.9 Å². The molecular formula is C27H29FN2O. The van der Waals surface area contributed by atoms with Crippen LogP contribution in [0.5, 0.6) is 0 Å². The lowest BCUT2D eigenvalue weighted by Crippen LogP contribution is -2.47. The minimum Gasteiger partial charge on any atom is -0.305 e. The first-order valence-electron chi connectivity index (χ1n) is 10.9. The fraction of sp³-hybridized carbons (Fsp3) is 0.296. The highest BCUT2D eigenvalue weighted by molar-refractivity contribution is 6.06. The van der Waals surface area contributed by atoms with Gasteiger partial charge in [0.2, 0.25) is 0 Å². The zero-order chi connectivity index (χ0) is 21.8. The first-order chi connectivity index (χ1) is 15.0. The monoisotopic (exact) mass is 416 g/mol. The SMILES string of the molecule is Cc1ccc(C(=O)N(c2ccc(F)cc2)C2CCN(Cc3cccc(C)c3)CC2)cc1. The smallest absolute Gasteiger partial charge is 0.258 e. The van der Waals surface area contributed by atoms with E-state index >= 15 is 0 Å². The Labute approximate surface area is 184 Å². The van der Waals surface area contributed by atoms with Gasteiger partial charge in [-0.2, -0.15) is 0 Å². The third kappa shape index (κ3) is 5.20. The molecule has 0 spiro atoms. The van der Waals surface area contributed by atoms with Crippen LogP contribution in [0.15, 0.2) is 72.8 Å². The summed E-state index contributed by atoms with van der Waals surface area (Å²) < 4.78 is 13.5. The van der Waals surface area contributed by atoms with Crippen LogP contribution in [0.3, 0.4) is 0 Å². The van der Waals surface area contributed by atoms with E-state index in [1.54, 1.807) is 12.1 Å². The number of carbonyl (C=O) groups is 1. The number of anilines is 1. The van der Waals surface area contributed by atoms with E-state index in [4.69, 9.17) is 0 Å². The van der Waals surface area contributed by atoms with E-state index < -0.39 is 0 Å². The molecule has 3 nitrogen and oxygen atoms in total. The van der Waals surface area contributed by atoms with Crippen LogP contribution in [-0.2, 0) is 6.54 Å². The summed E-state index contributed by atoms with van der Waals surface area (Å²) >= 11 is 0. The Hall–Kier alpha value is -2.98. The first-order valence-corrected chi connectivity index (χ1v) is 10.9. The minimum atomic E-state index is -0.292. The van der Waals surface area contributed by atoms with E-state index in [1.165, 1.54) is 23.3 Å². The Morgan fingerprint density at radius 3 is 2.26 bits per heavy atom. The lowest BCUT2D eigenvalue weighted by molar-refractivity contribution is 0.0958. The molecule has 3 aromatic rings. The molecule has 0 aliphatic carbocycles. The van der Waals surface area contributed by atoms with Crippen molar-refractivity contribution in [3.8, 4) is 0 Å². The molecule has 3 aromatic carbocycles. The zero-order valence-electron chi connectivity index (χ0n) is 18.2. The van der Waals surface area contributed by atoms with Gasteiger partial charge in [0.1, 0.15) is 5.82 Å². The van der Waals surface area contributed by atoms with Crippen LogP contribution >= 0.6 is 0 Å². The van der Waals surface area contributed by atoms with Gasteiger partial charge in [0, 0.05) is 36.9 Å². The van der Waals surface area contributed by atoms with Crippen molar-refractivity contribution in [2.24, 2.45) is 0 Å². The summed E-state index contributed by atoms with van der Waals surface area (Å²) in [7, 11) is 0. The number of aryl methyl sites for hydroxylation is 2. The second-order valence-corrected chi connectivity index (χ2v) is 8.51. The molecule has 4 rings (SSSR count). The number of piperidine rings is 1. The highest BCUT2D eigenvalue weighted by Crippen LogP contribution is 2.27. The number of benzene rings is 3. The molecule has 160 valence electrons. The fourth-order valence-electron chi connectivity index (χ4n) is 4.34. The summed E-state index contributed by atoms with van der Waals surface area (Å²) in [6, 6.07) is 22.7. The number of nitrogens with zero attached hydrogens (tertiary/aromatic N) is 2. The van der Waals surface area contributed by atoms with Gasteiger partial charge in [-0.15, -0.1) is 0 Å². The van der Waals surface area contributed by atoms with Gasteiger partial charge in [-0.3, -0.25) is 9.69 Å². The Bertz CT molecular complexity index is 1020. The number of amides is 1. The summed E-state index contributed by atoms with van der Waals surface area (Å²) in [6.07, 6.45) is 1.78. The van der Waals surface area contributed by atoms with Crippen LogP contribution in [0.25, 0.3) is 0 Å². The molecule has 4 heteroatoms. The van der Waals surface area contributed by atoms with Crippen molar-refractivity contribution >= 4 is 11.6 Å². The van der Waals surface area contributed by atoms with Crippen molar-refractivity contribution in [2.45, 2.75) is 39.3 Å². The summed E-state index contributed by atoms with van der Waals surface area (Å²) in [4.78, 5) is 17.8. The van der Waals surface area contributed by atoms with E-state index in [0.29, 0.717) is 5.56 Å². The molecule has 0 aromatic heterocycles. The number of likely N-dealkylation sites (tertiary alicyclic amines) is 1. The summed E-state index contributed by atoms with van der Waals surface area (Å²) in [5.41, 5.74) is 5.14. The zero-order valence-corrected chi connectivity index (χ0v) is 18.2. The molecule has 1 fully saturated rings. The molecule has 1 aliphatic rings. The average Bonchev–Trinajstić information content (AvgIpc) is 2.77. The second kappa shape index (κ2) is 9.44. The van der Waals surface area contributed by atoms with Gasteiger partial charge in [0.25, 0.3) is 5.91 Å². The maximum absolute atomic E-state index is 13.5. The van der Waals surface area contributed by atoms with Crippen LogP contribution < -0.4 is 4.90 Å². The van der Waals surface area contributed by atoms with Crippen molar-refractivity contribution in [3.05, 3.63) is 101 Å². The van der Waals surface area contributed by atoms with E-state index in [2.05, 4.69) is 36.1 Å². The first kappa shape index (κ1) is 21.3. The van der Waals surface area contributed by atoms with E-state index in [0.717, 1.165) is 43.7 Å². The molecule has 0 atom stereocenters. The molecule has 1 aliphatic heterocycles. The maximum atomic E-state index is 13.5. The van der Waals surface area contributed by atoms with Gasteiger partial charge < -0.3 is 4.90 Å². The third-order valence-corrected chi connectivity index (χ3v) is 6.03. The highest BCUT2D eigenvalue weighted by Gasteiger charge is 2.30. The Kier molecular flexibility index (Phi) is 6.47. The van der Waals surface area contributed by atoms with Gasteiger partial charge in [-0.1, -0.05) is 47.5 Å². The van der Waals surface area contributed by atoms with Crippen molar-refractivity contribution in [2.75, 3.05) is 18.0 Å². The van der Waals surface area contributed by atoms with Crippen LogP contribution in [0, 0.1) is 19.7 Å². The summed E-state index contributed by atoms with van der Waals surface area (Å²) in [6.45, 7) is 6.91. The standard InChI is InChI=1S/C27H29FN2O/c1-20-6-8-23(9-7-20)27(31)30(25-12-10-24(28)11-13-25)26-14-16-29(17-15-26)19-22-5-3-4-21(2)18-22/h3-13,18,26H,14-17,19H2,1-2H3. The van der Waals surface area contributed by atoms with E-state index in [-0.39, 0.29) is 17.8 Å².